The lowest BCUT2D eigenvalue weighted by atomic mass is 9.81. The number of carboxylic acid groups (broad SMARTS) is 1. The predicted octanol–water partition coefficient (Wildman–Crippen LogP) is 2.74. The second-order valence-electron chi connectivity index (χ2n) is 5.48. The van der Waals surface area contributed by atoms with E-state index in [1.807, 2.05) is 6.08 Å². The molecule has 0 aromatic rings. The third-order valence-electron chi connectivity index (χ3n) is 4.20. The maximum Gasteiger partial charge on any atom is 0.331 e. The molecule has 0 bridgehead atoms. The van der Waals surface area contributed by atoms with E-state index in [9.17, 15) is 15.0 Å². The third-order valence-corrected chi connectivity index (χ3v) is 4.20. The van der Waals surface area contributed by atoms with E-state index in [-0.39, 0.29) is 12.0 Å². The molecule has 0 radical (unpaired) electrons. The number of aliphatic hydroxyl groups is 1. The minimum atomic E-state index is -0.752. The van der Waals surface area contributed by atoms with Crippen LogP contribution in [0.1, 0.15) is 51.4 Å². The Hall–Kier alpha value is -0.830. The molecule has 0 unspecified atom stereocenters. The summed E-state index contributed by atoms with van der Waals surface area (Å²) >= 11 is 0. The van der Waals surface area contributed by atoms with Crippen LogP contribution in [0.4, 0.5) is 0 Å². The Morgan fingerprint density at radius 3 is 2.12 bits per heavy atom. The lowest BCUT2D eigenvalue weighted by Gasteiger charge is -2.26. The molecule has 2 fully saturated rings. The molecule has 96 valence electrons. The zero-order valence-corrected chi connectivity index (χ0v) is 10.3. The molecular formula is C14H22O3. The predicted molar refractivity (Wildman–Crippen MR) is 65.6 cm³/mol. The zero-order valence-electron chi connectivity index (χ0n) is 10.3. The van der Waals surface area contributed by atoms with E-state index < -0.39 is 5.97 Å². The molecular weight excluding hydrogens is 216 g/mol. The Kier molecular flexibility index (Phi) is 4.21. The molecule has 0 heterocycles. The minimum Gasteiger partial charge on any atom is -0.478 e. The lowest BCUT2D eigenvalue weighted by Crippen LogP contribution is -2.23. The van der Waals surface area contributed by atoms with Gasteiger partial charge in [0.05, 0.1) is 6.10 Å². The smallest absolute Gasteiger partial charge is 0.331 e. The highest BCUT2D eigenvalue weighted by molar-refractivity contribution is 5.87. The lowest BCUT2D eigenvalue weighted by molar-refractivity contribution is -0.133. The fraction of sp³-hybridized carbons (Fsp3) is 0.786. The van der Waals surface area contributed by atoms with Gasteiger partial charge in [0, 0.05) is 5.57 Å². The van der Waals surface area contributed by atoms with Gasteiger partial charge in [-0.15, -0.1) is 0 Å². The molecule has 17 heavy (non-hydrogen) atoms. The SMILES string of the molecule is O=C(O)C(=CC1CCCC1)C1CCC(O)CC1. The molecule has 2 saturated carbocycles. The van der Waals surface area contributed by atoms with Gasteiger partial charge in [0.1, 0.15) is 0 Å². The fourth-order valence-corrected chi connectivity index (χ4v) is 3.15. The van der Waals surface area contributed by atoms with Crippen LogP contribution in [-0.4, -0.2) is 22.3 Å². The van der Waals surface area contributed by atoms with Gasteiger partial charge in [-0.3, -0.25) is 0 Å². The second-order valence-corrected chi connectivity index (χ2v) is 5.48. The van der Waals surface area contributed by atoms with E-state index in [0.717, 1.165) is 38.5 Å². The maximum atomic E-state index is 11.3. The van der Waals surface area contributed by atoms with Crippen LogP contribution in [0.2, 0.25) is 0 Å². The molecule has 0 spiro atoms. The number of aliphatic carboxylic acids is 1. The van der Waals surface area contributed by atoms with Crippen LogP contribution in [0.25, 0.3) is 0 Å². The monoisotopic (exact) mass is 238 g/mol. The van der Waals surface area contributed by atoms with E-state index in [1.165, 1.54) is 12.8 Å². The largest absolute Gasteiger partial charge is 0.478 e. The first-order valence-electron chi connectivity index (χ1n) is 6.80. The summed E-state index contributed by atoms with van der Waals surface area (Å²) in [4.78, 5) is 11.3. The molecule has 0 aromatic carbocycles. The number of allylic oxidation sites excluding steroid dienone is 1. The van der Waals surface area contributed by atoms with E-state index in [4.69, 9.17) is 0 Å². The Labute approximate surface area is 103 Å². The Balaban J connectivity index is 2.03. The molecule has 3 heteroatoms. The molecule has 2 aliphatic rings. The molecule has 3 nitrogen and oxygen atoms in total. The van der Waals surface area contributed by atoms with Crippen molar-refractivity contribution in [1.82, 2.24) is 0 Å². The first-order valence-corrected chi connectivity index (χ1v) is 6.80. The van der Waals surface area contributed by atoms with Crippen molar-refractivity contribution in [2.24, 2.45) is 11.8 Å². The normalized spacial score (nSPS) is 31.7. The molecule has 0 atom stereocenters. The van der Waals surface area contributed by atoms with E-state index in [1.54, 1.807) is 0 Å². The molecule has 0 aliphatic heterocycles. The standard InChI is InChI=1S/C14H22O3/c15-12-7-5-11(6-8-12)13(14(16)17)9-10-3-1-2-4-10/h9-12,15H,1-8H2,(H,16,17). The van der Waals surface area contributed by atoms with E-state index in [0.29, 0.717) is 11.5 Å². The minimum absolute atomic E-state index is 0.163. The van der Waals surface area contributed by atoms with Crippen LogP contribution >= 0.6 is 0 Å². The van der Waals surface area contributed by atoms with Gasteiger partial charge >= 0.3 is 5.97 Å². The highest BCUT2D eigenvalue weighted by atomic mass is 16.4. The molecule has 2 aliphatic carbocycles. The summed E-state index contributed by atoms with van der Waals surface area (Å²) < 4.78 is 0. The molecule has 0 amide bonds. The first kappa shape index (κ1) is 12.6. The Morgan fingerprint density at radius 2 is 1.59 bits per heavy atom. The van der Waals surface area contributed by atoms with Crippen LogP contribution in [0.3, 0.4) is 0 Å². The number of carboxylic acids is 1. The summed E-state index contributed by atoms with van der Waals surface area (Å²) in [6.07, 6.45) is 9.70. The summed E-state index contributed by atoms with van der Waals surface area (Å²) in [6.45, 7) is 0. The van der Waals surface area contributed by atoms with Crippen molar-refractivity contribution in [3.8, 4) is 0 Å². The van der Waals surface area contributed by atoms with E-state index >= 15 is 0 Å². The van der Waals surface area contributed by atoms with Crippen molar-refractivity contribution in [1.29, 1.82) is 0 Å². The van der Waals surface area contributed by atoms with Gasteiger partial charge in [-0.25, -0.2) is 4.79 Å². The highest BCUT2D eigenvalue weighted by Gasteiger charge is 2.27. The van der Waals surface area contributed by atoms with Crippen LogP contribution in [-0.2, 0) is 4.79 Å². The highest BCUT2D eigenvalue weighted by Crippen LogP contribution is 2.33. The topological polar surface area (TPSA) is 57.5 Å². The van der Waals surface area contributed by atoms with E-state index in [2.05, 4.69) is 0 Å². The van der Waals surface area contributed by atoms with Gasteiger partial charge in [-0.1, -0.05) is 18.9 Å². The van der Waals surface area contributed by atoms with Crippen LogP contribution in [0, 0.1) is 11.8 Å². The van der Waals surface area contributed by atoms with Gasteiger partial charge in [-0.05, 0) is 50.4 Å². The number of carbonyl (C=O) groups is 1. The van der Waals surface area contributed by atoms with Crippen molar-refractivity contribution in [3.63, 3.8) is 0 Å². The van der Waals surface area contributed by atoms with Crippen molar-refractivity contribution < 1.29 is 15.0 Å². The fourth-order valence-electron chi connectivity index (χ4n) is 3.15. The summed E-state index contributed by atoms with van der Waals surface area (Å²) in [7, 11) is 0. The second kappa shape index (κ2) is 5.67. The summed E-state index contributed by atoms with van der Waals surface area (Å²) in [5, 5.41) is 18.8. The Morgan fingerprint density at radius 1 is 1.00 bits per heavy atom. The molecule has 0 saturated heterocycles. The summed E-state index contributed by atoms with van der Waals surface area (Å²) in [5.41, 5.74) is 0.615. The first-order chi connectivity index (χ1) is 8.16. The number of aliphatic hydroxyl groups excluding tert-OH is 1. The number of hydrogen-bond acceptors (Lipinski definition) is 2. The summed E-state index contributed by atoms with van der Waals surface area (Å²) in [5.74, 6) is -0.109. The maximum absolute atomic E-state index is 11.3. The van der Waals surface area contributed by atoms with Gasteiger partial charge in [0.2, 0.25) is 0 Å². The Bertz CT molecular complexity index is 295. The molecule has 2 rings (SSSR count). The van der Waals surface area contributed by atoms with Crippen LogP contribution in [0.5, 0.6) is 0 Å². The van der Waals surface area contributed by atoms with Crippen LogP contribution in [0.15, 0.2) is 11.6 Å². The van der Waals surface area contributed by atoms with Gasteiger partial charge in [-0.2, -0.15) is 0 Å². The van der Waals surface area contributed by atoms with Crippen molar-refractivity contribution in [2.75, 3.05) is 0 Å². The third kappa shape index (κ3) is 3.32. The van der Waals surface area contributed by atoms with Crippen molar-refractivity contribution >= 4 is 5.97 Å². The molecule has 2 N–H and O–H groups in total. The summed E-state index contributed by atoms with van der Waals surface area (Å²) in [6, 6.07) is 0. The number of hydrogen-bond donors (Lipinski definition) is 2. The van der Waals surface area contributed by atoms with Gasteiger partial charge < -0.3 is 10.2 Å². The molecule has 0 aromatic heterocycles. The van der Waals surface area contributed by atoms with Crippen molar-refractivity contribution in [2.45, 2.75) is 57.5 Å². The van der Waals surface area contributed by atoms with Gasteiger partial charge in [0.15, 0.2) is 0 Å². The number of rotatable bonds is 3. The zero-order chi connectivity index (χ0) is 12.3. The average molecular weight is 238 g/mol. The van der Waals surface area contributed by atoms with Crippen molar-refractivity contribution in [3.05, 3.63) is 11.6 Å². The quantitative estimate of drug-likeness (QED) is 0.743. The van der Waals surface area contributed by atoms with Crippen LogP contribution < -0.4 is 0 Å². The average Bonchev–Trinajstić information content (AvgIpc) is 2.80. The van der Waals surface area contributed by atoms with Gasteiger partial charge in [0.25, 0.3) is 0 Å².